The predicted octanol–water partition coefficient (Wildman–Crippen LogP) is 2.50. The first-order valence-corrected chi connectivity index (χ1v) is 7.00. The third-order valence-electron chi connectivity index (χ3n) is 4.07. The maximum absolute atomic E-state index is 5.90. The van der Waals surface area contributed by atoms with E-state index in [0.717, 1.165) is 31.9 Å². The maximum Gasteiger partial charge on any atom is 0.0417 e. The minimum absolute atomic E-state index is 0.695. The van der Waals surface area contributed by atoms with Gasteiger partial charge in [0, 0.05) is 30.5 Å². The number of nitrogen functional groups attached to an aromatic ring is 1. The molecule has 0 amide bonds. The number of hydrogen-bond acceptors (Lipinski definition) is 3. The second-order valence-electron chi connectivity index (χ2n) is 5.16. The molecule has 1 aliphatic rings. The molecule has 1 aromatic carbocycles. The van der Waals surface area contributed by atoms with Crippen molar-refractivity contribution in [3.05, 3.63) is 23.8 Å². The smallest absolute Gasteiger partial charge is 0.0417 e. The van der Waals surface area contributed by atoms with Gasteiger partial charge in [0.1, 0.15) is 0 Å². The normalized spacial score (nSPS) is 19.8. The van der Waals surface area contributed by atoms with Gasteiger partial charge < -0.3 is 10.6 Å². The van der Waals surface area contributed by atoms with Crippen LogP contribution in [0.2, 0.25) is 0 Å². The number of hydrogen-bond donors (Lipinski definition) is 1. The van der Waals surface area contributed by atoms with Gasteiger partial charge in [0.2, 0.25) is 0 Å². The van der Waals surface area contributed by atoms with Crippen LogP contribution in [0.1, 0.15) is 25.8 Å². The number of anilines is 2. The molecule has 100 valence electrons. The van der Waals surface area contributed by atoms with Crippen molar-refractivity contribution in [1.82, 2.24) is 4.90 Å². The second-order valence-corrected chi connectivity index (χ2v) is 5.16. The topological polar surface area (TPSA) is 32.5 Å². The fourth-order valence-corrected chi connectivity index (χ4v) is 2.97. The summed E-state index contributed by atoms with van der Waals surface area (Å²) in [6, 6.07) is 6.91. The van der Waals surface area contributed by atoms with Crippen LogP contribution in [0.4, 0.5) is 11.4 Å². The van der Waals surface area contributed by atoms with E-state index >= 15 is 0 Å². The van der Waals surface area contributed by atoms with E-state index in [2.05, 4.69) is 42.7 Å². The number of aryl methyl sites for hydroxylation is 1. The van der Waals surface area contributed by atoms with E-state index in [1.165, 1.54) is 17.7 Å². The third-order valence-corrected chi connectivity index (χ3v) is 4.07. The molecule has 2 rings (SSSR count). The molecule has 0 aliphatic carbocycles. The Bertz CT molecular complexity index is 399. The van der Waals surface area contributed by atoms with Gasteiger partial charge in [-0.3, -0.25) is 4.90 Å². The summed E-state index contributed by atoms with van der Waals surface area (Å²) in [5, 5.41) is 0. The fourth-order valence-electron chi connectivity index (χ4n) is 2.97. The fraction of sp³-hybridized carbons (Fsp3) is 0.600. The molecule has 1 saturated heterocycles. The highest BCUT2D eigenvalue weighted by Gasteiger charge is 2.26. The molecule has 0 bridgehead atoms. The maximum atomic E-state index is 5.90. The van der Waals surface area contributed by atoms with Gasteiger partial charge in [-0.1, -0.05) is 19.9 Å². The van der Waals surface area contributed by atoms with Gasteiger partial charge in [0.05, 0.1) is 0 Å². The van der Waals surface area contributed by atoms with Crippen molar-refractivity contribution >= 4 is 11.4 Å². The summed E-state index contributed by atoms with van der Waals surface area (Å²) >= 11 is 0. The van der Waals surface area contributed by atoms with Gasteiger partial charge in [0.25, 0.3) is 0 Å². The Morgan fingerprint density at radius 3 is 2.72 bits per heavy atom. The van der Waals surface area contributed by atoms with Gasteiger partial charge in [-0.15, -0.1) is 0 Å². The highest BCUT2D eigenvalue weighted by molar-refractivity contribution is 5.61. The van der Waals surface area contributed by atoms with E-state index in [-0.39, 0.29) is 0 Å². The van der Waals surface area contributed by atoms with Crippen LogP contribution in [0.3, 0.4) is 0 Å². The Morgan fingerprint density at radius 1 is 1.33 bits per heavy atom. The van der Waals surface area contributed by atoms with Crippen molar-refractivity contribution in [3.8, 4) is 0 Å². The predicted molar refractivity (Wildman–Crippen MR) is 79.1 cm³/mol. The monoisotopic (exact) mass is 247 g/mol. The van der Waals surface area contributed by atoms with E-state index in [1.54, 1.807) is 0 Å². The van der Waals surface area contributed by atoms with Crippen molar-refractivity contribution in [2.45, 2.75) is 33.2 Å². The Hall–Kier alpha value is -1.22. The van der Waals surface area contributed by atoms with Crippen molar-refractivity contribution < 1.29 is 0 Å². The Morgan fingerprint density at radius 2 is 2.06 bits per heavy atom. The lowest BCUT2D eigenvalue weighted by Crippen LogP contribution is -2.37. The quantitative estimate of drug-likeness (QED) is 0.830. The third kappa shape index (κ3) is 2.61. The average molecular weight is 247 g/mol. The molecular weight excluding hydrogens is 222 g/mol. The lowest BCUT2D eigenvalue weighted by Gasteiger charge is -2.27. The molecule has 0 saturated carbocycles. The molecule has 1 aromatic rings. The zero-order chi connectivity index (χ0) is 13.1. The summed E-state index contributed by atoms with van der Waals surface area (Å²) in [7, 11) is 0. The number of rotatable bonds is 4. The molecule has 2 N–H and O–H groups in total. The minimum Gasteiger partial charge on any atom is -0.399 e. The van der Waals surface area contributed by atoms with Crippen LogP contribution in [-0.4, -0.2) is 37.1 Å². The zero-order valence-corrected chi connectivity index (χ0v) is 11.8. The highest BCUT2D eigenvalue weighted by atomic mass is 15.3. The van der Waals surface area contributed by atoms with Gasteiger partial charge in [-0.2, -0.15) is 0 Å². The van der Waals surface area contributed by atoms with Crippen LogP contribution in [0, 0.1) is 6.92 Å². The molecule has 3 heteroatoms. The summed E-state index contributed by atoms with van der Waals surface area (Å²) < 4.78 is 0. The SMILES string of the molecule is CCN(CC)C1CCN(c2cc(N)ccc2C)C1. The summed E-state index contributed by atoms with van der Waals surface area (Å²) in [4.78, 5) is 5.04. The summed E-state index contributed by atoms with van der Waals surface area (Å²) in [5.41, 5.74) is 9.40. The lowest BCUT2D eigenvalue weighted by atomic mass is 10.1. The van der Waals surface area contributed by atoms with Crippen molar-refractivity contribution in [3.63, 3.8) is 0 Å². The van der Waals surface area contributed by atoms with E-state index in [9.17, 15) is 0 Å². The van der Waals surface area contributed by atoms with Crippen molar-refractivity contribution in [2.75, 3.05) is 36.8 Å². The van der Waals surface area contributed by atoms with Gasteiger partial charge in [-0.05, 0) is 44.1 Å². The Balaban J connectivity index is 2.10. The van der Waals surface area contributed by atoms with Gasteiger partial charge in [-0.25, -0.2) is 0 Å². The first-order chi connectivity index (χ1) is 8.65. The Labute approximate surface area is 111 Å². The molecule has 1 fully saturated rings. The number of likely N-dealkylation sites (N-methyl/N-ethyl adjacent to an activating group) is 1. The molecule has 18 heavy (non-hydrogen) atoms. The summed E-state index contributed by atoms with van der Waals surface area (Å²) in [6.45, 7) is 11.2. The average Bonchev–Trinajstić information content (AvgIpc) is 2.83. The molecule has 0 spiro atoms. The first kappa shape index (κ1) is 13.2. The van der Waals surface area contributed by atoms with Gasteiger partial charge >= 0.3 is 0 Å². The van der Waals surface area contributed by atoms with Crippen LogP contribution in [-0.2, 0) is 0 Å². The Kier molecular flexibility index (Phi) is 4.12. The van der Waals surface area contributed by atoms with E-state index in [4.69, 9.17) is 5.73 Å². The molecule has 1 heterocycles. The van der Waals surface area contributed by atoms with Crippen LogP contribution < -0.4 is 10.6 Å². The standard InChI is InChI=1S/C15H25N3/c1-4-17(5-2)14-8-9-18(11-14)15-10-13(16)7-6-12(15)3/h6-7,10,14H,4-5,8-9,11,16H2,1-3H3. The van der Waals surface area contributed by atoms with E-state index < -0.39 is 0 Å². The molecule has 1 atom stereocenters. The van der Waals surface area contributed by atoms with Crippen LogP contribution >= 0.6 is 0 Å². The van der Waals surface area contributed by atoms with Crippen molar-refractivity contribution in [2.24, 2.45) is 0 Å². The lowest BCUT2D eigenvalue weighted by molar-refractivity contribution is 0.232. The van der Waals surface area contributed by atoms with Crippen LogP contribution in [0.25, 0.3) is 0 Å². The molecule has 0 radical (unpaired) electrons. The van der Waals surface area contributed by atoms with E-state index in [0.29, 0.717) is 6.04 Å². The second kappa shape index (κ2) is 5.61. The van der Waals surface area contributed by atoms with E-state index in [1.807, 2.05) is 6.07 Å². The summed E-state index contributed by atoms with van der Waals surface area (Å²) in [6.07, 6.45) is 1.26. The molecular formula is C15H25N3. The first-order valence-electron chi connectivity index (χ1n) is 7.00. The van der Waals surface area contributed by atoms with Gasteiger partial charge in [0.15, 0.2) is 0 Å². The number of nitrogens with two attached hydrogens (primary N) is 1. The molecule has 1 aliphatic heterocycles. The highest BCUT2D eigenvalue weighted by Crippen LogP contribution is 2.27. The number of nitrogens with zero attached hydrogens (tertiary/aromatic N) is 2. The zero-order valence-electron chi connectivity index (χ0n) is 11.8. The van der Waals surface area contributed by atoms with Crippen LogP contribution in [0.5, 0.6) is 0 Å². The largest absolute Gasteiger partial charge is 0.399 e. The molecule has 0 aromatic heterocycles. The minimum atomic E-state index is 0.695. The number of benzene rings is 1. The molecule has 3 nitrogen and oxygen atoms in total. The molecule has 1 unspecified atom stereocenters. The van der Waals surface area contributed by atoms with Crippen molar-refractivity contribution in [1.29, 1.82) is 0 Å². The van der Waals surface area contributed by atoms with Crippen LogP contribution in [0.15, 0.2) is 18.2 Å². The summed E-state index contributed by atoms with van der Waals surface area (Å²) in [5.74, 6) is 0.